The molecule has 1 aromatic heterocycles. The van der Waals surface area contributed by atoms with Crippen molar-refractivity contribution in [1.82, 2.24) is 4.57 Å². The Balaban J connectivity index is 2.01. The molecule has 1 aliphatic carbocycles. The number of hydrogen-bond donors (Lipinski definition) is 2. The first-order chi connectivity index (χ1) is 12.0. The second kappa shape index (κ2) is 6.55. The van der Waals surface area contributed by atoms with E-state index in [0.29, 0.717) is 12.8 Å². The number of rotatable bonds is 6. The van der Waals surface area contributed by atoms with E-state index in [1.54, 1.807) is 17.0 Å². The zero-order chi connectivity index (χ0) is 18.0. The quantitative estimate of drug-likeness (QED) is 0.788. The zero-order valence-electron chi connectivity index (χ0n) is 13.6. The number of carboxylic acid groups (broad SMARTS) is 2. The largest absolute Gasteiger partial charge is 0.480 e. The first kappa shape index (κ1) is 17.0. The number of Topliss-reactive ketones (excluding diaryl/α,β-unsaturated/α-hetero) is 1. The van der Waals surface area contributed by atoms with Gasteiger partial charge in [-0.25, -0.2) is 0 Å². The van der Waals surface area contributed by atoms with Crippen LogP contribution in [0.3, 0.4) is 0 Å². The van der Waals surface area contributed by atoms with Crippen LogP contribution in [0.4, 0.5) is 0 Å². The van der Waals surface area contributed by atoms with Gasteiger partial charge in [0.1, 0.15) is 5.54 Å². The summed E-state index contributed by atoms with van der Waals surface area (Å²) < 4.78 is 1.71. The van der Waals surface area contributed by atoms with Crippen LogP contribution in [0.1, 0.15) is 25.7 Å². The fourth-order valence-electron chi connectivity index (χ4n) is 3.65. The van der Waals surface area contributed by atoms with Crippen LogP contribution in [0.5, 0.6) is 0 Å². The van der Waals surface area contributed by atoms with Crippen LogP contribution >= 0.6 is 0 Å². The lowest BCUT2D eigenvalue weighted by Gasteiger charge is -2.31. The normalized spacial score (nSPS) is 16.0. The molecule has 25 heavy (non-hydrogen) atoms. The minimum atomic E-state index is -2.04. The summed E-state index contributed by atoms with van der Waals surface area (Å²) in [6.07, 6.45) is 5.97. The van der Waals surface area contributed by atoms with Gasteiger partial charge < -0.3 is 14.8 Å². The fraction of sp³-hybridized carbons (Fsp3) is 0.316. The van der Waals surface area contributed by atoms with E-state index in [-0.39, 0.29) is 0 Å². The number of nitrogens with zero attached hydrogens (tertiary/aromatic N) is 1. The van der Waals surface area contributed by atoms with Gasteiger partial charge >= 0.3 is 11.9 Å². The van der Waals surface area contributed by atoms with E-state index >= 15 is 0 Å². The van der Waals surface area contributed by atoms with Crippen molar-refractivity contribution in [2.75, 3.05) is 0 Å². The highest BCUT2D eigenvalue weighted by atomic mass is 16.4. The molecule has 6 nitrogen and oxygen atoms in total. The summed E-state index contributed by atoms with van der Waals surface area (Å²) in [5.74, 6) is -6.01. The molecule has 2 aromatic rings. The molecule has 0 bridgehead atoms. The first-order valence-corrected chi connectivity index (χ1v) is 8.19. The molecule has 0 spiro atoms. The lowest BCUT2D eigenvalue weighted by atomic mass is 9.83. The summed E-state index contributed by atoms with van der Waals surface area (Å²) in [7, 11) is 0. The Morgan fingerprint density at radius 1 is 0.920 bits per heavy atom. The maximum atomic E-state index is 12.9. The Kier molecular flexibility index (Phi) is 4.44. The maximum absolute atomic E-state index is 12.9. The van der Waals surface area contributed by atoms with E-state index in [0.717, 1.165) is 24.0 Å². The summed E-state index contributed by atoms with van der Waals surface area (Å²) in [4.78, 5) is 35.6. The van der Waals surface area contributed by atoms with E-state index < -0.39 is 29.2 Å². The molecule has 0 saturated heterocycles. The van der Waals surface area contributed by atoms with Crippen LogP contribution < -0.4 is 0 Å². The topological polar surface area (TPSA) is 96.6 Å². The van der Waals surface area contributed by atoms with Gasteiger partial charge in [0.15, 0.2) is 5.78 Å². The minimum absolute atomic E-state index is 0.450. The fourth-order valence-corrected chi connectivity index (χ4v) is 3.65. The lowest BCUT2D eigenvalue weighted by molar-refractivity contribution is -0.160. The first-order valence-electron chi connectivity index (χ1n) is 8.19. The van der Waals surface area contributed by atoms with Crippen molar-refractivity contribution in [3.8, 4) is 11.1 Å². The number of hydrogen-bond acceptors (Lipinski definition) is 3. The van der Waals surface area contributed by atoms with Crippen molar-refractivity contribution in [3.05, 3.63) is 48.8 Å². The van der Waals surface area contributed by atoms with Crippen molar-refractivity contribution in [2.24, 2.45) is 5.92 Å². The molecule has 3 rings (SSSR count). The van der Waals surface area contributed by atoms with E-state index in [9.17, 15) is 24.6 Å². The monoisotopic (exact) mass is 341 g/mol. The minimum Gasteiger partial charge on any atom is -0.480 e. The number of carbonyl (C=O) groups is 3. The molecule has 1 fully saturated rings. The van der Waals surface area contributed by atoms with Crippen molar-refractivity contribution < 1.29 is 24.6 Å². The average molecular weight is 341 g/mol. The molecule has 1 heterocycles. The number of carboxylic acids is 2. The van der Waals surface area contributed by atoms with E-state index in [1.165, 1.54) is 0 Å². The summed E-state index contributed by atoms with van der Waals surface area (Å²) in [6.45, 7) is 0. The third-order valence-corrected chi connectivity index (χ3v) is 4.94. The molecule has 2 N–H and O–H groups in total. The smallest absolute Gasteiger partial charge is 0.325 e. The van der Waals surface area contributed by atoms with Gasteiger partial charge in [-0.2, -0.15) is 0 Å². The van der Waals surface area contributed by atoms with Gasteiger partial charge in [0.2, 0.25) is 5.92 Å². The van der Waals surface area contributed by atoms with Crippen LogP contribution in [0.15, 0.2) is 48.8 Å². The van der Waals surface area contributed by atoms with Gasteiger partial charge in [-0.3, -0.25) is 14.4 Å². The molecule has 1 aliphatic rings. The number of carbonyl (C=O) groups excluding carboxylic acids is 1. The van der Waals surface area contributed by atoms with Gasteiger partial charge in [-0.1, -0.05) is 43.2 Å². The molecule has 0 aliphatic heterocycles. The Hall–Kier alpha value is -2.89. The third kappa shape index (κ3) is 2.95. The molecule has 0 amide bonds. The van der Waals surface area contributed by atoms with Gasteiger partial charge in [-0.05, 0) is 30.0 Å². The summed E-state index contributed by atoms with van der Waals surface area (Å²) in [6, 6.07) is 11.5. The van der Waals surface area contributed by atoms with Crippen LogP contribution in [0.2, 0.25) is 0 Å². The van der Waals surface area contributed by atoms with E-state index in [2.05, 4.69) is 0 Å². The van der Waals surface area contributed by atoms with E-state index in [4.69, 9.17) is 0 Å². The van der Waals surface area contributed by atoms with Gasteiger partial charge in [0.05, 0.1) is 0 Å². The second-order valence-corrected chi connectivity index (χ2v) is 6.39. The third-order valence-electron chi connectivity index (χ3n) is 4.94. The Labute approximate surface area is 144 Å². The van der Waals surface area contributed by atoms with Crippen molar-refractivity contribution in [1.29, 1.82) is 0 Å². The molecular weight excluding hydrogens is 322 g/mol. The standard InChI is InChI=1S/C19H19NO5/c21-16(15(17(22)23)18(24)25)19(9-4-5-10-19)20-11-8-14(12-20)13-6-2-1-3-7-13/h1-3,6-8,11-12,15H,4-5,9-10H2,(H,22,23)(H,24,25). The molecule has 1 saturated carbocycles. The molecular formula is C19H19NO5. The van der Waals surface area contributed by atoms with Gasteiger partial charge in [0, 0.05) is 12.4 Å². The predicted octanol–water partition coefficient (Wildman–Crippen LogP) is 2.78. The average Bonchev–Trinajstić information content (AvgIpc) is 3.25. The van der Waals surface area contributed by atoms with Crippen molar-refractivity contribution in [3.63, 3.8) is 0 Å². The van der Waals surface area contributed by atoms with Crippen LogP contribution in [0.25, 0.3) is 11.1 Å². The Morgan fingerprint density at radius 2 is 1.52 bits per heavy atom. The molecule has 130 valence electrons. The lowest BCUT2D eigenvalue weighted by Crippen LogP contribution is -2.47. The maximum Gasteiger partial charge on any atom is 0.325 e. The van der Waals surface area contributed by atoms with Gasteiger partial charge in [0.25, 0.3) is 0 Å². The highest BCUT2D eigenvalue weighted by Crippen LogP contribution is 2.40. The molecule has 6 heteroatoms. The molecule has 0 unspecified atom stereocenters. The summed E-state index contributed by atoms with van der Waals surface area (Å²) in [5.41, 5.74) is 0.783. The van der Waals surface area contributed by atoms with Crippen LogP contribution in [0, 0.1) is 5.92 Å². The number of benzene rings is 1. The van der Waals surface area contributed by atoms with Crippen molar-refractivity contribution >= 4 is 17.7 Å². The number of aliphatic carboxylic acids is 2. The highest BCUT2D eigenvalue weighted by molar-refractivity contribution is 6.16. The Bertz CT molecular complexity index is 788. The molecule has 1 aromatic carbocycles. The van der Waals surface area contributed by atoms with Crippen LogP contribution in [-0.4, -0.2) is 32.5 Å². The highest BCUT2D eigenvalue weighted by Gasteiger charge is 2.50. The predicted molar refractivity (Wildman–Crippen MR) is 90.1 cm³/mol. The Morgan fingerprint density at radius 3 is 2.08 bits per heavy atom. The molecule has 0 atom stereocenters. The summed E-state index contributed by atoms with van der Waals surface area (Å²) >= 11 is 0. The number of ketones is 1. The van der Waals surface area contributed by atoms with Crippen molar-refractivity contribution in [2.45, 2.75) is 31.2 Å². The number of aromatic nitrogens is 1. The van der Waals surface area contributed by atoms with Gasteiger partial charge in [-0.15, -0.1) is 0 Å². The SMILES string of the molecule is O=C(O)C(C(=O)O)C(=O)C1(n2ccc(-c3ccccc3)c2)CCCC1. The molecule has 0 radical (unpaired) electrons. The van der Waals surface area contributed by atoms with Crippen LogP contribution in [-0.2, 0) is 19.9 Å². The van der Waals surface area contributed by atoms with E-state index in [1.807, 2.05) is 36.4 Å². The second-order valence-electron chi connectivity index (χ2n) is 6.39. The summed E-state index contributed by atoms with van der Waals surface area (Å²) in [5, 5.41) is 18.4. The zero-order valence-corrected chi connectivity index (χ0v) is 13.6.